The minimum atomic E-state index is -1.12. The van der Waals surface area contributed by atoms with Gasteiger partial charge in [-0.25, -0.2) is 4.79 Å². The molecule has 0 saturated carbocycles. The highest BCUT2D eigenvalue weighted by Crippen LogP contribution is 2.22. The molecule has 0 atom stereocenters. The summed E-state index contributed by atoms with van der Waals surface area (Å²) in [6.07, 6.45) is 0. The lowest BCUT2D eigenvalue weighted by Crippen LogP contribution is -2.13. The van der Waals surface area contributed by atoms with E-state index in [1.807, 2.05) is 13.0 Å². The molecule has 0 saturated heterocycles. The van der Waals surface area contributed by atoms with Crippen LogP contribution in [-0.2, 0) is 0 Å². The van der Waals surface area contributed by atoms with E-state index in [1.165, 1.54) is 0 Å². The number of hydrogen-bond donors (Lipinski definition) is 2. The molecule has 0 unspecified atom stereocenters. The second-order valence-corrected chi connectivity index (χ2v) is 4.29. The Balaban J connectivity index is 3.02. The number of nitrogens with one attached hydrogen (secondary N) is 1. The lowest BCUT2D eigenvalue weighted by molar-refractivity contribution is 0.0698. The predicted molar refractivity (Wildman–Crippen MR) is 64.0 cm³/mol. The van der Waals surface area contributed by atoms with Gasteiger partial charge in [-0.2, -0.15) is 0 Å². The van der Waals surface area contributed by atoms with E-state index >= 15 is 0 Å². The van der Waals surface area contributed by atoms with Gasteiger partial charge in [0, 0.05) is 10.9 Å². The standard InChI is InChI=1S/C11H8BrNO3/c1-5-2-3-7-6(4-5)8(11(15)16)9(12)10(14)13-7/h2-4H,1H3,(H,13,14)(H,15,16). The number of aromatic amines is 1. The zero-order valence-electron chi connectivity index (χ0n) is 8.37. The smallest absolute Gasteiger partial charge is 0.337 e. The van der Waals surface area contributed by atoms with Gasteiger partial charge in [-0.15, -0.1) is 0 Å². The van der Waals surface area contributed by atoms with Crippen molar-refractivity contribution < 1.29 is 9.90 Å². The number of benzene rings is 1. The van der Waals surface area contributed by atoms with E-state index in [1.54, 1.807) is 12.1 Å². The second-order valence-electron chi connectivity index (χ2n) is 3.50. The first-order valence-corrected chi connectivity index (χ1v) is 5.35. The summed E-state index contributed by atoms with van der Waals surface area (Å²) < 4.78 is 0.0538. The van der Waals surface area contributed by atoms with E-state index < -0.39 is 11.5 Å². The topological polar surface area (TPSA) is 70.2 Å². The molecule has 82 valence electrons. The Kier molecular flexibility index (Phi) is 2.55. The summed E-state index contributed by atoms with van der Waals surface area (Å²) in [6.45, 7) is 1.87. The average molecular weight is 282 g/mol. The molecule has 0 spiro atoms. The molecule has 0 aliphatic heterocycles. The summed E-state index contributed by atoms with van der Waals surface area (Å²) in [5.74, 6) is -1.12. The van der Waals surface area contributed by atoms with Gasteiger partial charge in [0.05, 0.1) is 10.0 Å². The Bertz CT molecular complexity index is 645. The number of aromatic nitrogens is 1. The lowest BCUT2D eigenvalue weighted by Gasteiger charge is -2.05. The van der Waals surface area contributed by atoms with Crippen LogP contribution in [0.3, 0.4) is 0 Å². The SMILES string of the molecule is Cc1ccc2[nH]c(=O)c(Br)c(C(=O)O)c2c1. The van der Waals surface area contributed by atoms with Gasteiger partial charge in [0.15, 0.2) is 0 Å². The zero-order chi connectivity index (χ0) is 11.9. The van der Waals surface area contributed by atoms with E-state index in [4.69, 9.17) is 5.11 Å². The summed E-state index contributed by atoms with van der Waals surface area (Å²) >= 11 is 3.00. The van der Waals surface area contributed by atoms with Crippen molar-refractivity contribution in [2.24, 2.45) is 0 Å². The Labute approximate surface area is 99.0 Å². The molecule has 4 nitrogen and oxygen atoms in total. The van der Waals surface area contributed by atoms with Crippen molar-refractivity contribution in [3.8, 4) is 0 Å². The van der Waals surface area contributed by atoms with Gasteiger partial charge in [-0.1, -0.05) is 11.6 Å². The van der Waals surface area contributed by atoms with Gasteiger partial charge < -0.3 is 10.1 Å². The maximum atomic E-state index is 11.5. The Hall–Kier alpha value is -1.62. The van der Waals surface area contributed by atoms with Crippen molar-refractivity contribution >= 4 is 32.8 Å². The molecule has 0 aliphatic carbocycles. The van der Waals surface area contributed by atoms with E-state index in [0.717, 1.165) is 5.56 Å². The fourth-order valence-electron chi connectivity index (χ4n) is 1.59. The van der Waals surface area contributed by atoms with Crippen LogP contribution >= 0.6 is 15.9 Å². The highest BCUT2D eigenvalue weighted by Gasteiger charge is 2.16. The van der Waals surface area contributed by atoms with Crippen molar-refractivity contribution in [3.63, 3.8) is 0 Å². The molecule has 16 heavy (non-hydrogen) atoms. The van der Waals surface area contributed by atoms with Crippen LogP contribution in [0.1, 0.15) is 15.9 Å². The van der Waals surface area contributed by atoms with Crippen molar-refractivity contribution in [1.29, 1.82) is 0 Å². The van der Waals surface area contributed by atoms with Crippen LogP contribution in [0.15, 0.2) is 27.5 Å². The number of carboxylic acid groups (broad SMARTS) is 1. The first-order chi connectivity index (χ1) is 7.50. The molecule has 5 heteroatoms. The number of hydrogen-bond acceptors (Lipinski definition) is 2. The zero-order valence-corrected chi connectivity index (χ0v) is 9.96. The number of aryl methyl sites for hydroxylation is 1. The van der Waals surface area contributed by atoms with Gasteiger partial charge in [-0.3, -0.25) is 4.79 Å². The van der Waals surface area contributed by atoms with E-state index in [0.29, 0.717) is 10.9 Å². The van der Waals surface area contributed by atoms with Crippen LogP contribution in [0.2, 0.25) is 0 Å². The van der Waals surface area contributed by atoms with Crippen LogP contribution in [0.25, 0.3) is 10.9 Å². The van der Waals surface area contributed by atoms with Crippen LogP contribution in [-0.4, -0.2) is 16.1 Å². The number of rotatable bonds is 1. The molecule has 0 aliphatic rings. The fraction of sp³-hybridized carbons (Fsp3) is 0.0909. The number of halogens is 1. The van der Waals surface area contributed by atoms with Crippen molar-refractivity contribution in [2.75, 3.05) is 0 Å². The Morgan fingerprint density at radius 1 is 1.44 bits per heavy atom. The monoisotopic (exact) mass is 281 g/mol. The summed E-state index contributed by atoms with van der Waals surface area (Å²) in [6, 6.07) is 5.25. The van der Waals surface area contributed by atoms with E-state index in [2.05, 4.69) is 20.9 Å². The third-order valence-electron chi connectivity index (χ3n) is 2.33. The lowest BCUT2D eigenvalue weighted by atomic mass is 10.1. The summed E-state index contributed by atoms with van der Waals surface area (Å²) in [7, 11) is 0. The number of H-pyrrole nitrogens is 1. The van der Waals surface area contributed by atoms with Gasteiger partial charge in [-0.05, 0) is 35.0 Å². The van der Waals surface area contributed by atoms with E-state index in [-0.39, 0.29) is 10.0 Å². The van der Waals surface area contributed by atoms with Crippen LogP contribution in [0, 0.1) is 6.92 Å². The third-order valence-corrected chi connectivity index (χ3v) is 3.08. The van der Waals surface area contributed by atoms with Crippen molar-refractivity contribution in [2.45, 2.75) is 6.92 Å². The minimum Gasteiger partial charge on any atom is -0.478 e. The number of carbonyl (C=O) groups is 1. The number of fused-ring (bicyclic) bond motifs is 1. The number of aromatic carboxylic acids is 1. The van der Waals surface area contributed by atoms with Crippen LogP contribution in [0.4, 0.5) is 0 Å². The average Bonchev–Trinajstić information content (AvgIpc) is 2.20. The first kappa shape index (κ1) is 10.9. The molecular formula is C11H8BrNO3. The molecule has 1 aromatic carbocycles. The predicted octanol–water partition coefficient (Wildman–Crippen LogP) is 2.30. The number of pyridine rings is 1. The first-order valence-electron chi connectivity index (χ1n) is 4.56. The Morgan fingerprint density at radius 3 is 2.75 bits per heavy atom. The van der Waals surface area contributed by atoms with Crippen LogP contribution < -0.4 is 5.56 Å². The molecule has 0 bridgehead atoms. The molecule has 2 rings (SSSR count). The van der Waals surface area contributed by atoms with Gasteiger partial charge in [0.1, 0.15) is 0 Å². The second kappa shape index (κ2) is 3.75. The molecular weight excluding hydrogens is 274 g/mol. The van der Waals surface area contributed by atoms with E-state index in [9.17, 15) is 9.59 Å². The molecule has 2 aromatic rings. The highest BCUT2D eigenvalue weighted by molar-refractivity contribution is 9.10. The molecule has 2 N–H and O–H groups in total. The molecule has 1 heterocycles. The maximum absolute atomic E-state index is 11.5. The summed E-state index contributed by atoms with van der Waals surface area (Å²) in [5, 5.41) is 9.62. The highest BCUT2D eigenvalue weighted by atomic mass is 79.9. The summed E-state index contributed by atoms with van der Waals surface area (Å²) in [4.78, 5) is 25.2. The minimum absolute atomic E-state index is 0.00227. The van der Waals surface area contributed by atoms with Crippen LogP contribution in [0.5, 0.6) is 0 Å². The van der Waals surface area contributed by atoms with Gasteiger partial charge in [0.25, 0.3) is 5.56 Å². The van der Waals surface area contributed by atoms with Crippen molar-refractivity contribution in [1.82, 2.24) is 4.98 Å². The van der Waals surface area contributed by atoms with Gasteiger partial charge in [0.2, 0.25) is 0 Å². The molecule has 1 aromatic heterocycles. The largest absolute Gasteiger partial charge is 0.478 e. The van der Waals surface area contributed by atoms with Crippen molar-refractivity contribution in [3.05, 3.63) is 44.2 Å². The van der Waals surface area contributed by atoms with Gasteiger partial charge >= 0.3 is 5.97 Å². The molecule has 0 radical (unpaired) electrons. The maximum Gasteiger partial charge on any atom is 0.337 e. The number of carboxylic acids is 1. The third kappa shape index (κ3) is 1.63. The Morgan fingerprint density at radius 2 is 2.12 bits per heavy atom. The molecule has 0 fully saturated rings. The molecule has 0 amide bonds. The quantitative estimate of drug-likeness (QED) is 0.843. The fourth-order valence-corrected chi connectivity index (χ4v) is 2.07. The summed E-state index contributed by atoms with van der Waals surface area (Å²) in [5.41, 5.74) is 1.03. The normalized spacial score (nSPS) is 10.6.